The number of alkyl halides is 3. The minimum Gasteiger partial charge on any atom is -0.360 e. The van der Waals surface area contributed by atoms with E-state index < -0.39 is 17.8 Å². The Labute approximate surface area is 123 Å². The quantitative estimate of drug-likeness (QED) is 0.756. The van der Waals surface area contributed by atoms with Crippen LogP contribution in [0.25, 0.3) is 10.9 Å². The van der Waals surface area contributed by atoms with Crippen molar-refractivity contribution in [3.63, 3.8) is 0 Å². The second-order valence-corrected chi connectivity index (χ2v) is 4.63. The predicted molar refractivity (Wildman–Crippen MR) is 75.5 cm³/mol. The Hall–Kier alpha value is -2.83. The van der Waals surface area contributed by atoms with E-state index in [1.54, 1.807) is 18.3 Å². The lowest BCUT2D eigenvalue weighted by Crippen LogP contribution is -2.13. The average molecular weight is 305 g/mol. The first-order chi connectivity index (χ1) is 10.4. The van der Waals surface area contributed by atoms with Crippen LogP contribution < -0.4 is 5.32 Å². The second kappa shape index (κ2) is 5.18. The van der Waals surface area contributed by atoms with Crippen LogP contribution in [0.2, 0.25) is 0 Å². The molecular weight excluding hydrogens is 295 g/mol. The van der Waals surface area contributed by atoms with Gasteiger partial charge in [0.05, 0.1) is 17.4 Å². The molecule has 0 radical (unpaired) electrons. The molecule has 3 aromatic rings. The van der Waals surface area contributed by atoms with Crippen molar-refractivity contribution in [1.82, 2.24) is 9.97 Å². The van der Waals surface area contributed by atoms with Crippen LogP contribution in [0.4, 0.5) is 18.9 Å². The lowest BCUT2D eigenvalue weighted by atomic mass is 10.1. The number of H-pyrrole nitrogens is 1. The third-order valence-corrected chi connectivity index (χ3v) is 3.15. The molecule has 1 aromatic carbocycles. The lowest BCUT2D eigenvalue weighted by molar-refractivity contribution is -0.141. The van der Waals surface area contributed by atoms with Crippen LogP contribution in [0.3, 0.4) is 0 Å². The molecule has 7 heteroatoms. The third kappa shape index (κ3) is 2.65. The first kappa shape index (κ1) is 14.1. The minimum atomic E-state index is -4.50. The zero-order valence-electron chi connectivity index (χ0n) is 11.1. The van der Waals surface area contributed by atoms with Gasteiger partial charge in [0, 0.05) is 17.1 Å². The summed E-state index contributed by atoms with van der Waals surface area (Å²) in [5.74, 6) is -0.418. The predicted octanol–water partition coefficient (Wildman–Crippen LogP) is 3.83. The van der Waals surface area contributed by atoms with E-state index in [0.717, 1.165) is 23.2 Å². The summed E-state index contributed by atoms with van der Waals surface area (Å²) in [4.78, 5) is 18.4. The maximum absolute atomic E-state index is 12.4. The molecule has 0 atom stereocenters. The van der Waals surface area contributed by atoms with Crippen LogP contribution in [0.15, 0.2) is 48.8 Å². The number of rotatable bonds is 2. The molecule has 0 saturated carbocycles. The molecule has 0 saturated heterocycles. The van der Waals surface area contributed by atoms with Gasteiger partial charge in [-0.2, -0.15) is 13.2 Å². The Bertz CT molecular complexity index is 822. The minimum absolute atomic E-state index is 0.197. The summed E-state index contributed by atoms with van der Waals surface area (Å²) in [5.41, 5.74) is 0.412. The standard InChI is InChI=1S/C15H10F3N3O/c16-15(17,18)13-6-5-9(7-20-13)21-14(22)11-8-19-12-4-2-1-3-10(11)12/h1-8,19H,(H,21,22). The van der Waals surface area contributed by atoms with Gasteiger partial charge in [0.1, 0.15) is 5.69 Å². The second-order valence-electron chi connectivity index (χ2n) is 4.63. The molecule has 0 aliphatic rings. The van der Waals surface area contributed by atoms with Gasteiger partial charge in [-0.15, -0.1) is 0 Å². The van der Waals surface area contributed by atoms with E-state index in [1.165, 1.54) is 6.07 Å². The number of benzene rings is 1. The number of anilines is 1. The molecule has 0 bridgehead atoms. The van der Waals surface area contributed by atoms with Gasteiger partial charge in [-0.25, -0.2) is 4.98 Å². The number of nitrogens with zero attached hydrogens (tertiary/aromatic N) is 1. The van der Waals surface area contributed by atoms with E-state index in [2.05, 4.69) is 15.3 Å². The van der Waals surface area contributed by atoms with Crippen molar-refractivity contribution >= 4 is 22.5 Å². The van der Waals surface area contributed by atoms with Crippen LogP contribution >= 0.6 is 0 Å². The van der Waals surface area contributed by atoms with E-state index in [9.17, 15) is 18.0 Å². The summed E-state index contributed by atoms with van der Waals surface area (Å²) in [6, 6.07) is 9.23. The Morgan fingerprint density at radius 1 is 1.14 bits per heavy atom. The van der Waals surface area contributed by atoms with Crippen molar-refractivity contribution in [2.75, 3.05) is 5.32 Å². The SMILES string of the molecule is O=C(Nc1ccc(C(F)(F)F)nc1)c1c[nH]c2ccccc12. The van der Waals surface area contributed by atoms with Gasteiger partial charge >= 0.3 is 6.18 Å². The highest BCUT2D eigenvalue weighted by Crippen LogP contribution is 2.28. The number of para-hydroxylation sites is 1. The Balaban J connectivity index is 1.82. The third-order valence-electron chi connectivity index (χ3n) is 3.15. The number of hydrogen-bond acceptors (Lipinski definition) is 2. The fourth-order valence-electron chi connectivity index (χ4n) is 2.09. The molecule has 0 aliphatic heterocycles. The molecule has 0 fully saturated rings. The Morgan fingerprint density at radius 3 is 2.59 bits per heavy atom. The number of aromatic amines is 1. The number of carbonyl (C=O) groups is 1. The van der Waals surface area contributed by atoms with Crippen molar-refractivity contribution in [1.29, 1.82) is 0 Å². The normalized spacial score (nSPS) is 11.6. The highest BCUT2D eigenvalue weighted by atomic mass is 19.4. The number of halogens is 3. The molecule has 3 rings (SSSR count). The Morgan fingerprint density at radius 2 is 1.91 bits per heavy atom. The molecule has 22 heavy (non-hydrogen) atoms. The zero-order valence-corrected chi connectivity index (χ0v) is 11.1. The molecule has 0 aliphatic carbocycles. The molecule has 0 spiro atoms. The van der Waals surface area contributed by atoms with E-state index >= 15 is 0 Å². The highest BCUT2D eigenvalue weighted by Gasteiger charge is 2.32. The maximum Gasteiger partial charge on any atom is 0.433 e. The summed E-state index contributed by atoms with van der Waals surface area (Å²) in [6.07, 6.45) is -1.97. The average Bonchev–Trinajstić information content (AvgIpc) is 2.91. The van der Waals surface area contributed by atoms with Gasteiger partial charge in [0.25, 0.3) is 5.91 Å². The van der Waals surface area contributed by atoms with Crippen molar-refractivity contribution < 1.29 is 18.0 Å². The number of pyridine rings is 1. The van der Waals surface area contributed by atoms with E-state index in [1.807, 2.05) is 12.1 Å². The summed E-state index contributed by atoms with van der Waals surface area (Å²) >= 11 is 0. The molecule has 0 unspecified atom stereocenters. The summed E-state index contributed by atoms with van der Waals surface area (Å²) in [5, 5.41) is 3.26. The molecule has 112 valence electrons. The number of nitrogens with one attached hydrogen (secondary N) is 2. The molecular formula is C15H10F3N3O. The van der Waals surface area contributed by atoms with Crippen LogP contribution in [0.5, 0.6) is 0 Å². The van der Waals surface area contributed by atoms with Gasteiger partial charge in [0.15, 0.2) is 0 Å². The Kier molecular flexibility index (Phi) is 3.32. The number of hydrogen-bond donors (Lipinski definition) is 2. The van der Waals surface area contributed by atoms with Gasteiger partial charge in [-0.05, 0) is 18.2 Å². The van der Waals surface area contributed by atoms with Gasteiger partial charge in [-0.1, -0.05) is 18.2 Å². The zero-order chi connectivity index (χ0) is 15.7. The molecule has 2 N–H and O–H groups in total. The first-order valence-corrected chi connectivity index (χ1v) is 6.36. The van der Waals surface area contributed by atoms with Crippen LogP contribution in [-0.2, 0) is 6.18 Å². The maximum atomic E-state index is 12.4. The lowest BCUT2D eigenvalue weighted by Gasteiger charge is -2.07. The van der Waals surface area contributed by atoms with Gasteiger partial charge < -0.3 is 10.3 Å². The summed E-state index contributed by atoms with van der Waals surface area (Å²) < 4.78 is 37.3. The van der Waals surface area contributed by atoms with Crippen molar-refractivity contribution in [2.45, 2.75) is 6.18 Å². The van der Waals surface area contributed by atoms with Crippen molar-refractivity contribution in [3.8, 4) is 0 Å². The molecule has 4 nitrogen and oxygen atoms in total. The number of carbonyl (C=O) groups excluding carboxylic acids is 1. The first-order valence-electron chi connectivity index (χ1n) is 6.36. The summed E-state index contributed by atoms with van der Waals surface area (Å²) in [7, 11) is 0. The molecule has 2 heterocycles. The van der Waals surface area contributed by atoms with E-state index in [-0.39, 0.29) is 5.69 Å². The monoisotopic (exact) mass is 305 g/mol. The van der Waals surface area contributed by atoms with Gasteiger partial charge in [-0.3, -0.25) is 4.79 Å². The van der Waals surface area contributed by atoms with Crippen molar-refractivity contribution in [2.24, 2.45) is 0 Å². The summed E-state index contributed by atoms with van der Waals surface area (Å²) in [6.45, 7) is 0. The van der Waals surface area contributed by atoms with E-state index in [4.69, 9.17) is 0 Å². The highest BCUT2D eigenvalue weighted by molar-refractivity contribution is 6.12. The van der Waals surface area contributed by atoms with Crippen LogP contribution in [-0.4, -0.2) is 15.9 Å². The fraction of sp³-hybridized carbons (Fsp3) is 0.0667. The number of aromatic nitrogens is 2. The number of fused-ring (bicyclic) bond motifs is 1. The largest absolute Gasteiger partial charge is 0.433 e. The smallest absolute Gasteiger partial charge is 0.360 e. The van der Waals surface area contributed by atoms with Gasteiger partial charge in [0.2, 0.25) is 0 Å². The van der Waals surface area contributed by atoms with E-state index in [0.29, 0.717) is 5.56 Å². The number of amides is 1. The van der Waals surface area contributed by atoms with Crippen molar-refractivity contribution in [3.05, 3.63) is 60.0 Å². The molecule has 2 aromatic heterocycles. The van der Waals surface area contributed by atoms with Crippen LogP contribution in [0, 0.1) is 0 Å². The molecule has 1 amide bonds. The van der Waals surface area contributed by atoms with Crippen LogP contribution in [0.1, 0.15) is 16.1 Å². The topological polar surface area (TPSA) is 57.8 Å². The fourth-order valence-corrected chi connectivity index (χ4v) is 2.09.